The van der Waals surface area contributed by atoms with Crippen LogP contribution in [-0.4, -0.2) is 59.1 Å². The summed E-state index contributed by atoms with van der Waals surface area (Å²) < 4.78 is 10.5. The molecule has 4 amide bonds. The highest BCUT2D eigenvalue weighted by Gasteiger charge is 2.42. The first-order valence-electron chi connectivity index (χ1n) is 14.1. The van der Waals surface area contributed by atoms with Gasteiger partial charge in [-0.2, -0.15) is 0 Å². The number of ether oxygens (including phenoxy) is 2. The highest BCUT2D eigenvalue weighted by molar-refractivity contribution is 5.96. The molecule has 2 fully saturated rings. The van der Waals surface area contributed by atoms with Gasteiger partial charge < -0.3 is 9.47 Å². The summed E-state index contributed by atoms with van der Waals surface area (Å²) in [6.07, 6.45) is 1.54. The molecule has 212 valence electrons. The number of carbonyl (C=O) groups is 4. The van der Waals surface area contributed by atoms with E-state index < -0.39 is 24.0 Å². The van der Waals surface area contributed by atoms with Crippen LogP contribution < -0.4 is 0 Å². The molecule has 2 aliphatic rings. The number of imide groups is 2. The fraction of sp³-hybridized carbons (Fsp3) is 0.438. The van der Waals surface area contributed by atoms with Gasteiger partial charge in [0.15, 0.2) is 0 Å². The van der Waals surface area contributed by atoms with E-state index in [-0.39, 0.29) is 37.1 Å². The van der Waals surface area contributed by atoms with E-state index in [9.17, 15) is 19.2 Å². The van der Waals surface area contributed by atoms with Crippen molar-refractivity contribution < 1.29 is 28.7 Å². The van der Waals surface area contributed by atoms with Crippen LogP contribution in [0.3, 0.4) is 0 Å². The first kappa shape index (κ1) is 29.1. The van der Waals surface area contributed by atoms with Gasteiger partial charge in [0, 0.05) is 11.8 Å². The third kappa shape index (κ3) is 6.79. The van der Waals surface area contributed by atoms with Gasteiger partial charge in [0.2, 0.25) is 11.8 Å². The van der Waals surface area contributed by atoms with Crippen molar-refractivity contribution in [1.82, 2.24) is 9.80 Å². The molecule has 8 heteroatoms. The average Bonchev–Trinajstić information content (AvgIpc) is 3.51. The predicted octanol–water partition coefficient (Wildman–Crippen LogP) is 5.56. The quantitative estimate of drug-likeness (QED) is 0.324. The number of rotatable bonds is 12. The number of hydrogen-bond donors (Lipinski definition) is 0. The summed E-state index contributed by atoms with van der Waals surface area (Å²) in [5.41, 5.74) is 2.78. The van der Waals surface area contributed by atoms with Crippen LogP contribution >= 0.6 is 0 Å². The fourth-order valence-corrected chi connectivity index (χ4v) is 5.52. The Morgan fingerprint density at radius 2 is 1.12 bits per heavy atom. The maximum absolute atomic E-state index is 13.5. The van der Waals surface area contributed by atoms with E-state index in [1.165, 1.54) is 9.80 Å². The standard InChI is InChI=1S/C32H38N2O6/c1-4-25(29(35)33-27(20-39-31(33)37)18-23-12-8-6-9-13-23)16-22(3)17-26(5-2)30(36)34-28(21-40-32(34)38)19-24-14-10-7-11-15-24/h6-15,25-28H,3-5,16-21H2,1-2H3/t25-,26-,27+,28+/m1/s1. The highest BCUT2D eigenvalue weighted by atomic mass is 16.6. The lowest BCUT2D eigenvalue weighted by Gasteiger charge is -2.27. The van der Waals surface area contributed by atoms with Crippen molar-refractivity contribution in [2.24, 2.45) is 11.8 Å². The van der Waals surface area contributed by atoms with Gasteiger partial charge in [0.05, 0.1) is 12.1 Å². The van der Waals surface area contributed by atoms with E-state index in [1.807, 2.05) is 74.5 Å². The van der Waals surface area contributed by atoms with Crippen molar-refractivity contribution in [3.8, 4) is 0 Å². The smallest absolute Gasteiger partial charge is 0.416 e. The molecule has 2 aromatic rings. The monoisotopic (exact) mass is 546 g/mol. The second kappa shape index (κ2) is 13.4. The minimum Gasteiger partial charge on any atom is -0.447 e. The Kier molecular flexibility index (Phi) is 9.74. The number of benzene rings is 2. The van der Waals surface area contributed by atoms with E-state index in [0.29, 0.717) is 38.5 Å². The van der Waals surface area contributed by atoms with Gasteiger partial charge in [-0.15, -0.1) is 0 Å². The lowest BCUT2D eigenvalue weighted by molar-refractivity contribution is -0.133. The van der Waals surface area contributed by atoms with Gasteiger partial charge in [-0.25, -0.2) is 19.4 Å². The van der Waals surface area contributed by atoms with E-state index in [0.717, 1.165) is 16.7 Å². The van der Waals surface area contributed by atoms with Gasteiger partial charge in [-0.1, -0.05) is 86.7 Å². The largest absolute Gasteiger partial charge is 0.447 e. The molecule has 2 heterocycles. The lowest BCUT2D eigenvalue weighted by atomic mass is 9.88. The molecule has 0 aromatic heterocycles. The molecule has 8 nitrogen and oxygen atoms in total. The van der Waals surface area contributed by atoms with E-state index in [4.69, 9.17) is 9.47 Å². The van der Waals surface area contributed by atoms with Gasteiger partial charge in [0.25, 0.3) is 0 Å². The van der Waals surface area contributed by atoms with Crippen LogP contribution in [0.5, 0.6) is 0 Å². The average molecular weight is 547 g/mol. The molecule has 0 aliphatic carbocycles. The van der Waals surface area contributed by atoms with Crippen LogP contribution in [0.15, 0.2) is 72.8 Å². The number of hydrogen-bond acceptors (Lipinski definition) is 6. The number of carbonyl (C=O) groups excluding carboxylic acids is 4. The van der Waals surface area contributed by atoms with E-state index in [2.05, 4.69) is 6.58 Å². The Morgan fingerprint density at radius 3 is 1.48 bits per heavy atom. The maximum Gasteiger partial charge on any atom is 0.416 e. The minimum absolute atomic E-state index is 0.166. The topological polar surface area (TPSA) is 93.2 Å². The predicted molar refractivity (Wildman–Crippen MR) is 150 cm³/mol. The first-order chi connectivity index (χ1) is 19.3. The Morgan fingerprint density at radius 1 is 0.750 bits per heavy atom. The molecule has 2 saturated heterocycles. The number of allylic oxidation sites excluding steroid dienone is 1. The van der Waals surface area contributed by atoms with Gasteiger partial charge in [-0.3, -0.25) is 9.59 Å². The fourth-order valence-electron chi connectivity index (χ4n) is 5.52. The molecule has 2 aliphatic heterocycles. The minimum atomic E-state index is -0.617. The van der Waals surface area contributed by atoms with Crippen LogP contribution in [0, 0.1) is 11.8 Å². The van der Waals surface area contributed by atoms with Crippen molar-refractivity contribution in [2.75, 3.05) is 13.2 Å². The Hall–Kier alpha value is -3.94. The van der Waals surface area contributed by atoms with Crippen molar-refractivity contribution in [3.63, 3.8) is 0 Å². The molecule has 0 saturated carbocycles. The molecular formula is C32H38N2O6. The normalized spacial score (nSPS) is 20.1. The van der Waals surface area contributed by atoms with Crippen molar-refractivity contribution in [3.05, 3.63) is 83.9 Å². The number of cyclic esters (lactones) is 2. The SMILES string of the molecule is C=C(C[C@@H](CC)C(=O)N1C(=O)OC[C@@H]1Cc1ccccc1)C[C@@H](CC)C(=O)N1C(=O)OC[C@@H]1Cc1ccccc1. The molecule has 0 N–H and O–H groups in total. The zero-order valence-corrected chi connectivity index (χ0v) is 23.3. The second-order valence-corrected chi connectivity index (χ2v) is 10.6. The molecule has 40 heavy (non-hydrogen) atoms. The summed E-state index contributed by atoms with van der Waals surface area (Å²) in [4.78, 5) is 54.7. The molecule has 0 radical (unpaired) electrons. The summed E-state index contributed by atoms with van der Waals surface area (Å²) in [6.45, 7) is 8.32. The number of nitrogens with zero attached hydrogens (tertiary/aromatic N) is 2. The van der Waals surface area contributed by atoms with Gasteiger partial charge in [0.1, 0.15) is 13.2 Å². The maximum atomic E-state index is 13.5. The van der Waals surface area contributed by atoms with Crippen molar-refractivity contribution >= 4 is 24.0 Å². The lowest BCUT2D eigenvalue weighted by Crippen LogP contribution is -2.44. The summed E-state index contributed by atoms with van der Waals surface area (Å²) in [7, 11) is 0. The van der Waals surface area contributed by atoms with E-state index >= 15 is 0 Å². The molecule has 4 rings (SSSR count). The third-order valence-electron chi connectivity index (χ3n) is 7.78. The second-order valence-electron chi connectivity index (χ2n) is 10.6. The number of amides is 4. The van der Waals surface area contributed by atoms with Crippen LogP contribution in [0.2, 0.25) is 0 Å². The Labute approximate surface area is 235 Å². The molecule has 2 aromatic carbocycles. The Balaban J connectivity index is 1.39. The summed E-state index contributed by atoms with van der Waals surface area (Å²) in [6, 6.07) is 18.7. The molecular weight excluding hydrogens is 508 g/mol. The third-order valence-corrected chi connectivity index (χ3v) is 7.78. The summed E-state index contributed by atoms with van der Waals surface area (Å²) in [5, 5.41) is 0. The highest BCUT2D eigenvalue weighted by Crippen LogP contribution is 2.29. The summed E-state index contributed by atoms with van der Waals surface area (Å²) >= 11 is 0. The van der Waals surface area contributed by atoms with Gasteiger partial charge >= 0.3 is 12.2 Å². The summed E-state index contributed by atoms with van der Waals surface area (Å²) in [5.74, 6) is -1.49. The molecule has 0 bridgehead atoms. The van der Waals surface area contributed by atoms with Gasteiger partial charge in [-0.05, 0) is 49.7 Å². The van der Waals surface area contributed by atoms with Crippen LogP contribution in [0.1, 0.15) is 50.7 Å². The Bertz CT molecular complexity index is 1120. The zero-order valence-electron chi connectivity index (χ0n) is 23.3. The van der Waals surface area contributed by atoms with Crippen LogP contribution in [0.25, 0.3) is 0 Å². The first-order valence-corrected chi connectivity index (χ1v) is 14.1. The zero-order chi connectivity index (χ0) is 28.6. The molecule has 0 unspecified atom stereocenters. The molecule has 4 atom stereocenters. The van der Waals surface area contributed by atoms with Crippen LogP contribution in [0.4, 0.5) is 9.59 Å². The van der Waals surface area contributed by atoms with Crippen molar-refractivity contribution in [2.45, 2.75) is 64.5 Å². The van der Waals surface area contributed by atoms with E-state index in [1.54, 1.807) is 0 Å². The molecule has 0 spiro atoms. The van der Waals surface area contributed by atoms with Crippen LogP contribution in [-0.2, 0) is 31.9 Å². The van der Waals surface area contributed by atoms with Crippen molar-refractivity contribution in [1.29, 1.82) is 0 Å².